The second-order valence-corrected chi connectivity index (χ2v) is 5.44. The van der Waals surface area contributed by atoms with Crippen LogP contribution in [0.1, 0.15) is 24.8 Å². The first-order valence-electron chi connectivity index (χ1n) is 7.07. The average molecular weight is 300 g/mol. The second-order valence-electron chi connectivity index (χ2n) is 5.01. The molecule has 20 heavy (non-hydrogen) atoms. The fourth-order valence-electron chi connectivity index (χ4n) is 2.52. The topological polar surface area (TPSA) is 41.9 Å². The maximum atomic E-state index is 9.41. The lowest BCUT2D eigenvalue weighted by atomic mass is 10.1. The summed E-state index contributed by atoms with van der Waals surface area (Å²) < 4.78 is 11.1. The third-order valence-corrected chi connectivity index (χ3v) is 3.81. The first-order valence-corrected chi connectivity index (χ1v) is 7.45. The Morgan fingerprint density at radius 1 is 1.25 bits per heavy atom. The smallest absolute Gasteiger partial charge is 0.166 e. The van der Waals surface area contributed by atoms with Gasteiger partial charge in [0.1, 0.15) is 6.61 Å². The molecule has 0 aliphatic carbocycles. The Morgan fingerprint density at radius 2 is 2.00 bits per heavy atom. The number of piperidine rings is 1. The Labute approximate surface area is 125 Å². The van der Waals surface area contributed by atoms with Crippen LogP contribution in [-0.4, -0.2) is 43.4 Å². The van der Waals surface area contributed by atoms with Crippen LogP contribution in [0.5, 0.6) is 11.5 Å². The number of hydrogen-bond acceptors (Lipinski definition) is 4. The van der Waals surface area contributed by atoms with Crippen molar-refractivity contribution in [2.24, 2.45) is 0 Å². The van der Waals surface area contributed by atoms with Crippen LogP contribution in [0, 0.1) is 0 Å². The fourth-order valence-corrected chi connectivity index (χ4v) is 2.75. The van der Waals surface area contributed by atoms with Gasteiger partial charge in [0.2, 0.25) is 0 Å². The van der Waals surface area contributed by atoms with Gasteiger partial charge < -0.3 is 14.6 Å². The molecule has 0 aromatic heterocycles. The van der Waals surface area contributed by atoms with Crippen molar-refractivity contribution >= 4 is 11.6 Å². The summed E-state index contributed by atoms with van der Waals surface area (Å²) in [7, 11) is 1.57. The van der Waals surface area contributed by atoms with Gasteiger partial charge in [-0.1, -0.05) is 18.0 Å². The highest BCUT2D eigenvalue weighted by molar-refractivity contribution is 6.30. The van der Waals surface area contributed by atoms with E-state index < -0.39 is 0 Å². The van der Waals surface area contributed by atoms with Crippen LogP contribution in [0.3, 0.4) is 0 Å². The summed E-state index contributed by atoms with van der Waals surface area (Å²) in [6.07, 6.45) is 3.87. The first-order chi connectivity index (χ1) is 9.74. The van der Waals surface area contributed by atoms with Crippen molar-refractivity contribution in [3.05, 3.63) is 22.7 Å². The van der Waals surface area contributed by atoms with Gasteiger partial charge in [-0.15, -0.1) is 0 Å². The predicted octanol–water partition coefficient (Wildman–Crippen LogP) is 2.71. The van der Waals surface area contributed by atoms with Gasteiger partial charge in [-0.3, -0.25) is 4.90 Å². The molecule has 0 spiro atoms. The number of methoxy groups -OCH3 is 1. The average Bonchev–Trinajstić information content (AvgIpc) is 2.49. The van der Waals surface area contributed by atoms with Crippen molar-refractivity contribution in [2.75, 3.05) is 33.4 Å². The maximum absolute atomic E-state index is 9.41. The monoisotopic (exact) mass is 299 g/mol. The van der Waals surface area contributed by atoms with E-state index in [1.807, 2.05) is 0 Å². The maximum Gasteiger partial charge on any atom is 0.166 e. The highest BCUT2D eigenvalue weighted by atomic mass is 35.5. The Bertz CT molecular complexity index is 408. The summed E-state index contributed by atoms with van der Waals surface area (Å²) in [5.41, 5.74) is 0.660. The third kappa shape index (κ3) is 4.01. The Hall–Kier alpha value is -0.970. The summed E-state index contributed by atoms with van der Waals surface area (Å²) >= 11 is 5.98. The van der Waals surface area contributed by atoms with Gasteiger partial charge in [0.15, 0.2) is 11.5 Å². The van der Waals surface area contributed by atoms with Gasteiger partial charge in [-0.05, 0) is 32.0 Å². The van der Waals surface area contributed by atoms with E-state index in [1.165, 1.54) is 19.3 Å². The molecule has 112 valence electrons. The molecule has 1 fully saturated rings. The molecule has 0 atom stereocenters. The fraction of sp³-hybridized carbons (Fsp3) is 0.600. The van der Waals surface area contributed by atoms with Crippen LogP contribution < -0.4 is 9.47 Å². The van der Waals surface area contributed by atoms with Crippen molar-refractivity contribution in [3.63, 3.8) is 0 Å². The van der Waals surface area contributed by atoms with Gasteiger partial charge in [0.25, 0.3) is 0 Å². The van der Waals surface area contributed by atoms with Crippen molar-refractivity contribution in [3.8, 4) is 11.5 Å². The summed E-state index contributed by atoms with van der Waals surface area (Å²) in [6, 6.07) is 3.41. The van der Waals surface area contributed by atoms with Crippen molar-refractivity contribution in [2.45, 2.75) is 25.9 Å². The molecule has 4 nitrogen and oxygen atoms in total. The Morgan fingerprint density at radius 3 is 2.65 bits per heavy atom. The van der Waals surface area contributed by atoms with E-state index in [9.17, 15) is 5.11 Å². The van der Waals surface area contributed by atoms with Crippen molar-refractivity contribution < 1.29 is 14.6 Å². The summed E-state index contributed by atoms with van der Waals surface area (Å²) in [5.74, 6) is 1.16. The van der Waals surface area contributed by atoms with Crippen LogP contribution in [0.2, 0.25) is 5.02 Å². The molecule has 1 aromatic rings. The van der Waals surface area contributed by atoms with Gasteiger partial charge in [-0.25, -0.2) is 0 Å². The summed E-state index contributed by atoms with van der Waals surface area (Å²) in [6.45, 7) is 3.67. The molecule has 5 heteroatoms. The molecule has 0 unspecified atom stereocenters. The molecule has 1 N–H and O–H groups in total. The van der Waals surface area contributed by atoms with E-state index >= 15 is 0 Å². The molecule has 1 heterocycles. The highest BCUT2D eigenvalue weighted by Gasteiger charge is 2.14. The lowest BCUT2D eigenvalue weighted by molar-refractivity contribution is 0.177. The van der Waals surface area contributed by atoms with E-state index in [2.05, 4.69) is 4.90 Å². The van der Waals surface area contributed by atoms with Gasteiger partial charge in [0, 0.05) is 23.2 Å². The quantitative estimate of drug-likeness (QED) is 0.877. The number of ether oxygens (including phenoxy) is 2. The number of likely N-dealkylation sites (tertiary alicyclic amines) is 1. The van der Waals surface area contributed by atoms with Crippen LogP contribution in [0.25, 0.3) is 0 Å². The number of aliphatic hydroxyl groups excluding tert-OH is 1. The minimum atomic E-state index is -0.115. The first kappa shape index (κ1) is 15.4. The highest BCUT2D eigenvalue weighted by Crippen LogP contribution is 2.34. The lowest BCUT2D eigenvalue weighted by Crippen LogP contribution is -2.33. The van der Waals surface area contributed by atoms with E-state index in [0.29, 0.717) is 28.7 Å². The molecule has 2 rings (SSSR count). The van der Waals surface area contributed by atoms with Crippen molar-refractivity contribution in [1.82, 2.24) is 4.90 Å². The molecule has 1 aliphatic rings. The zero-order chi connectivity index (χ0) is 14.4. The van der Waals surface area contributed by atoms with Crippen LogP contribution in [0.15, 0.2) is 12.1 Å². The predicted molar refractivity (Wildman–Crippen MR) is 79.7 cm³/mol. The molecule has 1 aliphatic heterocycles. The molecular formula is C15H22ClNO3. The third-order valence-electron chi connectivity index (χ3n) is 3.59. The number of halogens is 1. The van der Waals surface area contributed by atoms with E-state index in [4.69, 9.17) is 21.1 Å². The molecular weight excluding hydrogens is 278 g/mol. The van der Waals surface area contributed by atoms with E-state index in [0.717, 1.165) is 19.6 Å². The molecule has 1 saturated heterocycles. The minimum absolute atomic E-state index is 0.115. The SMILES string of the molecule is COc1cc(Cl)cc(CO)c1OCCN1CCCCC1. The Kier molecular flexibility index (Phi) is 5.95. The molecule has 0 bridgehead atoms. The number of rotatable bonds is 6. The number of benzene rings is 1. The standard InChI is InChI=1S/C15H22ClNO3/c1-19-14-10-13(16)9-12(11-18)15(14)20-8-7-17-5-3-2-4-6-17/h9-10,18H,2-8,11H2,1H3. The van der Waals surface area contributed by atoms with Crippen LogP contribution in [-0.2, 0) is 6.61 Å². The van der Waals surface area contributed by atoms with Gasteiger partial charge >= 0.3 is 0 Å². The molecule has 1 aromatic carbocycles. The number of hydrogen-bond donors (Lipinski definition) is 1. The number of nitrogens with zero attached hydrogens (tertiary/aromatic N) is 1. The minimum Gasteiger partial charge on any atom is -0.493 e. The Balaban J connectivity index is 1.97. The van der Waals surface area contributed by atoms with Gasteiger partial charge in [0.05, 0.1) is 13.7 Å². The second kappa shape index (κ2) is 7.72. The lowest BCUT2D eigenvalue weighted by Gasteiger charge is -2.26. The van der Waals surface area contributed by atoms with E-state index in [-0.39, 0.29) is 6.61 Å². The largest absolute Gasteiger partial charge is 0.493 e. The molecule has 0 radical (unpaired) electrons. The molecule has 0 amide bonds. The zero-order valence-corrected chi connectivity index (χ0v) is 12.7. The van der Waals surface area contributed by atoms with Crippen LogP contribution in [0.4, 0.5) is 0 Å². The zero-order valence-electron chi connectivity index (χ0n) is 11.9. The normalized spacial score (nSPS) is 16.1. The van der Waals surface area contributed by atoms with Crippen molar-refractivity contribution in [1.29, 1.82) is 0 Å². The van der Waals surface area contributed by atoms with Gasteiger partial charge in [-0.2, -0.15) is 0 Å². The van der Waals surface area contributed by atoms with Crippen LogP contribution >= 0.6 is 11.6 Å². The molecule has 0 saturated carbocycles. The number of aliphatic hydroxyl groups is 1. The summed E-state index contributed by atoms with van der Waals surface area (Å²) in [4.78, 5) is 2.41. The summed E-state index contributed by atoms with van der Waals surface area (Å²) in [5, 5.41) is 9.94. The van der Waals surface area contributed by atoms with E-state index in [1.54, 1.807) is 19.2 Å².